The fraction of sp³-hybridized carbons (Fsp3) is 0.600. The van der Waals surface area contributed by atoms with E-state index in [4.69, 9.17) is 10.8 Å². The molecule has 5 heteroatoms. The summed E-state index contributed by atoms with van der Waals surface area (Å²) in [4.78, 5) is 20.6. The lowest BCUT2D eigenvalue weighted by Gasteiger charge is -2.01. The Morgan fingerprint density at radius 1 is 1.70 bits per heavy atom. The van der Waals surface area contributed by atoms with Crippen LogP contribution in [-0.2, 0) is 14.3 Å². The minimum Gasteiger partial charge on any atom is -0.390 e. The van der Waals surface area contributed by atoms with Crippen LogP contribution >= 0.6 is 0 Å². The van der Waals surface area contributed by atoms with Gasteiger partial charge in [0.2, 0.25) is 0 Å². The van der Waals surface area contributed by atoms with Crippen LogP contribution in [-0.4, -0.2) is 29.7 Å². The predicted octanol–water partition coefficient (Wildman–Crippen LogP) is -1.60. The first kappa shape index (κ1) is 9.06. The Labute approximate surface area is 57.8 Å². The van der Waals surface area contributed by atoms with Crippen LogP contribution in [0.3, 0.4) is 0 Å². The van der Waals surface area contributed by atoms with Crippen LogP contribution < -0.4 is 5.73 Å². The fourth-order valence-electron chi connectivity index (χ4n) is 0.237. The number of rotatable bonds is 2. The SMILES string of the molecule is C[C@H](N)C(=O)OC(=O)CO. The van der Waals surface area contributed by atoms with E-state index in [1.807, 2.05) is 0 Å². The van der Waals surface area contributed by atoms with E-state index >= 15 is 0 Å². The van der Waals surface area contributed by atoms with Gasteiger partial charge in [-0.3, -0.25) is 0 Å². The van der Waals surface area contributed by atoms with E-state index in [1.165, 1.54) is 6.92 Å². The third-order valence-corrected chi connectivity index (χ3v) is 0.715. The lowest BCUT2D eigenvalue weighted by molar-refractivity contribution is -0.162. The monoisotopic (exact) mass is 147 g/mol. The van der Waals surface area contributed by atoms with E-state index in [1.54, 1.807) is 0 Å². The van der Waals surface area contributed by atoms with Crippen molar-refractivity contribution in [1.29, 1.82) is 0 Å². The maximum atomic E-state index is 10.4. The summed E-state index contributed by atoms with van der Waals surface area (Å²) in [6, 6.07) is -0.838. The van der Waals surface area contributed by atoms with Gasteiger partial charge in [0, 0.05) is 0 Å². The number of ether oxygens (including phenoxy) is 1. The van der Waals surface area contributed by atoms with Crippen molar-refractivity contribution >= 4 is 11.9 Å². The highest BCUT2D eigenvalue weighted by molar-refractivity contribution is 5.88. The van der Waals surface area contributed by atoms with Crippen molar-refractivity contribution in [3.63, 3.8) is 0 Å². The second-order valence-electron chi connectivity index (χ2n) is 1.74. The molecule has 5 nitrogen and oxygen atoms in total. The van der Waals surface area contributed by atoms with E-state index in [2.05, 4.69) is 4.74 Å². The number of nitrogens with two attached hydrogens (primary N) is 1. The molecule has 0 aromatic rings. The van der Waals surface area contributed by atoms with Crippen molar-refractivity contribution in [2.75, 3.05) is 6.61 Å². The molecule has 0 aromatic heterocycles. The minimum absolute atomic E-state index is 0.807. The molecule has 0 heterocycles. The standard InChI is InChI=1S/C5H9NO4/c1-3(6)5(9)10-4(8)2-7/h3,7H,2,6H2,1H3/t3-/m0/s1. The second kappa shape index (κ2) is 3.97. The second-order valence-corrected chi connectivity index (χ2v) is 1.74. The van der Waals surface area contributed by atoms with E-state index < -0.39 is 24.6 Å². The predicted molar refractivity (Wildman–Crippen MR) is 31.8 cm³/mol. The van der Waals surface area contributed by atoms with Gasteiger partial charge in [0.1, 0.15) is 12.6 Å². The Hall–Kier alpha value is -0.940. The van der Waals surface area contributed by atoms with Crippen molar-refractivity contribution in [3.8, 4) is 0 Å². The summed E-state index contributed by atoms with van der Waals surface area (Å²) < 4.78 is 4.01. The molecule has 0 saturated heterocycles. The molecule has 0 rings (SSSR count). The number of aliphatic hydroxyl groups is 1. The molecule has 0 aliphatic heterocycles. The van der Waals surface area contributed by atoms with Gasteiger partial charge in [-0.05, 0) is 6.92 Å². The number of esters is 2. The molecule has 0 amide bonds. The summed E-state index contributed by atoms with van der Waals surface area (Å²) in [6.07, 6.45) is 0. The fourth-order valence-corrected chi connectivity index (χ4v) is 0.237. The summed E-state index contributed by atoms with van der Waals surface area (Å²) >= 11 is 0. The first-order valence-corrected chi connectivity index (χ1v) is 2.69. The molecule has 0 aliphatic rings. The molecule has 3 N–H and O–H groups in total. The van der Waals surface area contributed by atoms with Gasteiger partial charge in [-0.1, -0.05) is 0 Å². The highest BCUT2D eigenvalue weighted by atomic mass is 16.6. The number of carbonyl (C=O) groups excluding carboxylic acids is 2. The Bertz CT molecular complexity index is 143. The first-order valence-electron chi connectivity index (χ1n) is 2.69. The molecule has 0 fully saturated rings. The maximum Gasteiger partial charge on any atom is 0.339 e. The Morgan fingerprint density at radius 3 is 2.50 bits per heavy atom. The summed E-state index contributed by atoms with van der Waals surface area (Å²) in [5.74, 6) is -1.82. The highest BCUT2D eigenvalue weighted by Crippen LogP contribution is 1.83. The smallest absolute Gasteiger partial charge is 0.339 e. The van der Waals surface area contributed by atoms with Crippen LogP contribution in [0.2, 0.25) is 0 Å². The van der Waals surface area contributed by atoms with Gasteiger partial charge in [-0.25, -0.2) is 9.59 Å². The van der Waals surface area contributed by atoms with Gasteiger partial charge in [-0.2, -0.15) is 0 Å². The molecule has 0 unspecified atom stereocenters. The summed E-state index contributed by atoms with van der Waals surface area (Å²) in [5, 5.41) is 8.10. The Kier molecular flexibility index (Phi) is 3.60. The molecule has 58 valence electrons. The summed E-state index contributed by atoms with van der Waals surface area (Å²) in [6.45, 7) is 0.575. The number of aliphatic hydroxyl groups excluding tert-OH is 1. The third kappa shape index (κ3) is 3.16. The van der Waals surface area contributed by atoms with Crippen LogP contribution in [0, 0.1) is 0 Å². The van der Waals surface area contributed by atoms with Gasteiger partial charge in [0.05, 0.1) is 0 Å². The normalized spacial score (nSPS) is 12.3. The first-order chi connectivity index (χ1) is 4.57. The zero-order valence-electron chi connectivity index (χ0n) is 5.53. The van der Waals surface area contributed by atoms with Crippen molar-refractivity contribution in [1.82, 2.24) is 0 Å². The van der Waals surface area contributed by atoms with E-state index in [0.29, 0.717) is 0 Å². The molecule has 0 bridgehead atoms. The van der Waals surface area contributed by atoms with E-state index in [0.717, 1.165) is 0 Å². The van der Waals surface area contributed by atoms with Crippen molar-refractivity contribution in [2.24, 2.45) is 5.73 Å². The summed E-state index contributed by atoms with van der Waals surface area (Å²) in [5.41, 5.74) is 5.03. The molecule has 0 aliphatic carbocycles. The van der Waals surface area contributed by atoms with Crippen LogP contribution in [0.15, 0.2) is 0 Å². The maximum absolute atomic E-state index is 10.4. The molecule has 0 spiro atoms. The lowest BCUT2D eigenvalue weighted by Crippen LogP contribution is -2.31. The highest BCUT2D eigenvalue weighted by Gasteiger charge is 2.12. The Morgan fingerprint density at radius 2 is 2.20 bits per heavy atom. The van der Waals surface area contributed by atoms with Gasteiger partial charge in [0.15, 0.2) is 0 Å². The number of hydrogen-bond donors (Lipinski definition) is 2. The number of carbonyl (C=O) groups is 2. The minimum atomic E-state index is -0.984. The average molecular weight is 147 g/mol. The molecule has 0 saturated carbocycles. The van der Waals surface area contributed by atoms with Gasteiger partial charge < -0.3 is 15.6 Å². The topological polar surface area (TPSA) is 89.6 Å². The summed E-state index contributed by atoms with van der Waals surface area (Å²) in [7, 11) is 0. The quantitative estimate of drug-likeness (QED) is 0.362. The molecule has 0 aromatic carbocycles. The van der Waals surface area contributed by atoms with Crippen LogP contribution in [0.5, 0.6) is 0 Å². The number of hydrogen-bond acceptors (Lipinski definition) is 5. The van der Waals surface area contributed by atoms with Crippen molar-refractivity contribution in [2.45, 2.75) is 13.0 Å². The van der Waals surface area contributed by atoms with E-state index in [-0.39, 0.29) is 0 Å². The molecule has 1 atom stereocenters. The molecule has 0 radical (unpaired) electrons. The largest absolute Gasteiger partial charge is 0.390 e. The van der Waals surface area contributed by atoms with Crippen molar-refractivity contribution in [3.05, 3.63) is 0 Å². The zero-order chi connectivity index (χ0) is 8.15. The van der Waals surface area contributed by atoms with Gasteiger partial charge in [-0.15, -0.1) is 0 Å². The lowest BCUT2D eigenvalue weighted by atomic mass is 10.4. The van der Waals surface area contributed by atoms with Crippen LogP contribution in [0.4, 0.5) is 0 Å². The third-order valence-electron chi connectivity index (χ3n) is 0.715. The van der Waals surface area contributed by atoms with Crippen LogP contribution in [0.25, 0.3) is 0 Å². The van der Waals surface area contributed by atoms with Crippen LogP contribution in [0.1, 0.15) is 6.92 Å². The zero-order valence-corrected chi connectivity index (χ0v) is 5.53. The molecular weight excluding hydrogens is 138 g/mol. The Balaban J connectivity index is 3.69. The van der Waals surface area contributed by atoms with E-state index in [9.17, 15) is 9.59 Å². The molecule has 10 heavy (non-hydrogen) atoms. The van der Waals surface area contributed by atoms with Crippen molar-refractivity contribution < 1.29 is 19.4 Å². The average Bonchev–Trinajstić information content (AvgIpc) is 1.87. The molecular formula is C5H9NO4. The van der Waals surface area contributed by atoms with Gasteiger partial charge >= 0.3 is 11.9 Å². The van der Waals surface area contributed by atoms with Gasteiger partial charge in [0.25, 0.3) is 0 Å².